The molecule has 0 saturated carbocycles. The Kier molecular flexibility index (Phi) is 7.82. The molecule has 0 heteroatoms. The molecule has 0 aromatic carbocycles. The van der Waals surface area contributed by atoms with Gasteiger partial charge in [-0.1, -0.05) is 60.1 Å². The highest BCUT2D eigenvalue weighted by molar-refractivity contribution is 4.73. The van der Waals surface area contributed by atoms with Crippen LogP contribution in [0.5, 0.6) is 0 Å². The van der Waals surface area contributed by atoms with Crippen molar-refractivity contribution in [1.82, 2.24) is 0 Å². The minimum Gasteiger partial charge on any atom is -0.0845 e. The lowest BCUT2D eigenvalue weighted by Crippen LogP contribution is -2.22. The van der Waals surface area contributed by atoms with Gasteiger partial charge in [-0.15, -0.1) is 0 Å². The quantitative estimate of drug-likeness (QED) is 0.488. The summed E-state index contributed by atoms with van der Waals surface area (Å²) in [6.45, 7) is 17.3. The molecule has 0 aliphatic heterocycles. The Labute approximate surface area is 97.2 Å². The molecule has 0 aromatic heterocycles. The first-order chi connectivity index (χ1) is 7.04. The van der Waals surface area contributed by atoms with E-state index in [-0.39, 0.29) is 0 Å². The van der Waals surface area contributed by atoms with Crippen molar-refractivity contribution in [2.75, 3.05) is 0 Å². The summed E-state index contributed by atoms with van der Waals surface area (Å²) in [6, 6.07) is 0. The molecule has 15 heavy (non-hydrogen) atoms. The van der Waals surface area contributed by atoms with E-state index >= 15 is 0 Å². The third-order valence-corrected chi connectivity index (χ3v) is 4.30. The van der Waals surface area contributed by atoms with E-state index in [1.165, 1.54) is 19.3 Å². The molecular formula is C15H29. The Morgan fingerprint density at radius 2 is 1.53 bits per heavy atom. The van der Waals surface area contributed by atoms with E-state index in [2.05, 4.69) is 34.6 Å². The summed E-state index contributed by atoms with van der Waals surface area (Å²) >= 11 is 0. The molecule has 4 atom stereocenters. The van der Waals surface area contributed by atoms with Gasteiger partial charge in [0.05, 0.1) is 0 Å². The van der Waals surface area contributed by atoms with Gasteiger partial charge in [-0.05, 0) is 36.5 Å². The van der Waals surface area contributed by atoms with Crippen LogP contribution in [0.25, 0.3) is 0 Å². The van der Waals surface area contributed by atoms with Crippen molar-refractivity contribution in [3.05, 3.63) is 12.7 Å². The van der Waals surface area contributed by atoms with Crippen LogP contribution in [0.3, 0.4) is 0 Å². The van der Waals surface area contributed by atoms with Crippen molar-refractivity contribution in [3.63, 3.8) is 0 Å². The average molecular weight is 209 g/mol. The van der Waals surface area contributed by atoms with Gasteiger partial charge in [-0.2, -0.15) is 0 Å². The van der Waals surface area contributed by atoms with Crippen LogP contribution in [0.2, 0.25) is 0 Å². The van der Waals surface area contributed by atoms with Crippen molar-refractivity contribution < 1.29 is 0 Å². The molecule has 0 fully saturated rings. The number of hydrogen-bond acceptors (Lipinski definition) is 0. The summed E-state index contributed by atoms with van der Waals surface area (Å²) < 4.78 is 0. The Morgan fingerprint density at radius 3 is 2.00 bits per heavy atom. The Morgan fingerprint density at radius 1 is 1.00 bits per heavy atom. The van der Waals surface area contributed by atoms with E-state index in [0.717, 1.165) is 30.1 Å². The van der Waals surface area contributed by atoms with Crippen LogP contribution < -0.4 is 0 Å². The predicted octanol–water partition coefficient (Wildman–Crippen LogP) is 5.10. The summed E-state index contributed by atoms with van der Waals surface area (Å²) in [6.07, 6.45) is 6.71. The van der Waals surface area contributed by atoms with Crippen LogP contribution in [0.1, 0.15) is 60.3 Å². The monoisotopic (exact) mass is 209 g/mol. The summed E-state index contributed by atoms with van der Waals surface area (Å²) in [5.74, 6) is 3.35. The fraction of sp³-hybridized carbons (Fsp3) is 0.867. The van der Waals surface area contributed by atoms with Crippen LogP contribution in [-0.4, -0.2) is 0 Å². The molecule has 0 aromatic rings. The third kappa shape index (κ3) is 5.39. The minimum atomic E-state index is 0.828. The van der Waals surface area contributed by atoms with Crippen molar-refractivity contribution in [2.45, 2.75) is 60.3 Å². The molecule has 0 amide bonds. The van der Waals surface area contributed by atoms with Gasteiger partial charge < -0.3 is 0 Å². The zero-order valence-electron chi connectivity index (χ0n) is 11.3. The Hall–Kier alpha value is -0.260. The maximum atomic E-state index is 5.40. The molecule has 0 N–H and O–H groups in total. The second-order valence-electron chi connectivity index (χ2n) is 5.25. The normalized spacial score (nSPS) is 19.3. The van der Waals surface area contributed by atoms with Gasteiger partial charge in [0.15, 0.2) is 0 Å². The summed E-state index contributed by atoms with van der Waals surface area (Å²) in [4.78, 5) is 0. The SMILES string of the molecule is [CH]=CCCCC(C)C(C)C(C)C(C)CC. The second kappa shape index (κ2) is 7.96. The Balaban J connectivity index is 3.95. The standard InChI is InChI=1S/C15H29/c1-7-9-10-11-13(4)15(6)14(5)12(3)8-2/h1,7,12-15H,8-11H2,2-6H3. The fourth-order valence-electron chi connectivity index (χ4n) is 2.23. The molecule has 0 nitrogen and oxygen atoms in total. The minimum absolute atomic E-state index is 0.828. The van der Waals surface area contributed by atoms with Crippen molar-refractivity contribution >= 4 is 0 Å². The molecule has 0 aliphatic rings. The lowest BCUT2D eigenvalue weighted by Gasteiger charge is -2.30. The van der Waals surface area contributed by atoms with E-state index in [9.17, 15) is 0 Å². The highest BCUT2D eigenvalue weighted by Crippen LogP contribution is 2.30. The largest absolute Gasteiger partial charge is 0.0845 e. The molecule has 0 spiro atoms. The van der Waals surface area contributed by atoms with E-state index in [0.29, 0.717) is 0 Å². The lowest BCUT2D eigenvalue weighted by atomic mass is 9.76. The van der Waals surface area contributed by atoms with Crippen LogP contribution >= 0.6 is 0 Å². The maximum Gasteiger partial charge on any atom is -0.0348 e. The first-order valence-electron chi connectivity index (χ1n) is 6.57. The smallest absolute Gasteiger partial charge is 0.0348 e. The van der Waals surface area contributed by atoms with Crippen molar-refractivity contribution in [1.29, 1.82) is 0 Å². The molecule has 4 unspecified atom stereocenters. The van der Waals surface area contributed by atoms with Crippen LogP contribution in [0.15, 0.2) is 6.08 Å². The summed E-state index contributed by atoms with van der Waals surface area (Å²) in [7, 11) is 0. The average Bonchev–Trinajstić information content (AvgIpc) is 2.26. The van der Waals surface area contributed by atoms with Crippen LogP contribution in [0.4, 0.5) is 0 Å². The molecule has 1 radical (unpaired) electrons. The number of rotatable bonds is 8. The highest BCUT2D eigenvalue weighted by atomic mass is 14.3. The number of hydrogen-bond donors (Lipinski definition) is 0. The first kappa shape index (κ1) is 14.7. The maximum absolute atomic E-state index is 5.40. The van der Waals surface area contributed by atoms with Crippen LogP contribution in [-0.2, 0) is 0 Å². The molecule has 0 bridgehead atoms. The lowest BCUT2D eigenvalue weighted by molar-refractivity contribution is 0.199. The Bertz CT molecular complexity index is 159. The van der Waals surface area contributed by atoms with Gasteiger partial charge in [-0.3, -0.25) is 0 Å². The number of unbranched alkanes of at least 4 members (excludes halogenated alkanes) is 1. The van der Waals surface area contributed by atoms with Crippen molar-refractivity contribution in [3.8, 4) is 0 Å². The molecule has 0 aliphatic carbocycles. The fourth-order valence-corrected chi connectivity index (χ4v) is 2.23. The third-order valence-electron chi connectivity index (χ3n) is 4.30. The van der Waals surface area contributed by atoms with Gasteiger partial charge in [0.2, 0.25) is 0 Å². The molecule has 89 valence electrons. The van der Waals surface area contributed by atoms with Gasteiger partial charge in [0, 0.05) is 0 Å². The van der Waals surface area contributed by atoms with Crippen molar-refractivity contribution in [2.24, 2.45) is 23.7 Å². The topological polar surface area (TPSA) is 0 Å². The van der Waals surface area contributed by atoms with E-state index in [4.69, 9.17) is 6.58 Å². The van der Waals surface area contributed by atoms with E-state index in [1.54, 1.807) is 6.08 Å². The summed E-state index contributed by atoms with van der Waals surface area (Å²) in [5.41, 5.74) is 0. The molecule has 0 rings (SSSR count). The van der Waals surface area contributed by atoms with E-state index < -0.39 is 0 Å². The second-order valence-corrected chi connectivity index (χ2v) is 5.25. The highest BCUT2D eigenvalue weighted by Gasteiger charge is 2.22. The molecular weight excluding hydrogens is 180 g/mol. The van der Waals surface area contributed by atoms with Gasteiger partial charge in [0.1, 0.15) is 0 Å². The van der Waals surface area contributed by atoms with E-state index in [1.807, 2.05) is 0 Å². The zero-order valence-corrected chi connectivity index (χ0v) is 11.3. The molecule has 0 heterocycles. The summed E-state index contributed by atoms with van der Waals surface area (Å²) in [5, 5.41) is 0. The predicted molar refractivity (Wildman–Crippen MR) is 69.7 cm³/mol. The van der Waals surface area contributed by atoms with Gasteiger partial charge in [0.25, 0.3) is 0 Å². The van der Waals surface area contributed by atoms with Gasteiger partial charge >= 0.3 is 0 Å². The first-order valence-corrected chi connectivity index (χ1v) is 6.57. The van der Waals surface area contributed by atoms with Crippen LogP contribution in [0, 0.1) is 30.3 Å². The molecule has 0 saturated heterocycles. The number of allylic oxidation sites excluding steroid dienone is 1. The van der Waals surface area contributed by atoms with Gasteiger partial charge in [-0.25, -0.2) is 0 Å². The zero-order chi connectivity index (χ0) is 11.8.